The van der Waals surface area contributed by atoms with E-state index in [1.54, 1.807) is 6.92 Å². The fourth-order valence-electron chi connectivity index (χ4n) is 2.29. The van der Waals surface area contributed by atoms with Crippen molar-refractivity contribution in [2.24, 2.45) is 0 Å². The van der Waals surface area contributed by atoms with E-state index in [2.05, 4.69) is 26.0 Å². The van der Waals surface area contributed by atoms with Crippen LogP contribution in [0.25, 0.3) is 0 Å². The van der Waals surface area contributed by atoms with Crippen molar-refractivity contribution in [3.05, 3.63) is 35.9 Å². The molecule has 0 spiro atoms. The first-order chi connectivity index (χ1) is 8.97. The first kappa shape index (κ1) is 19.9. The molecule has 0 aliphatic carbocycles. The highest BCUT2D eigenvalue weighted by Crippen LogP contribution is 2.15. The maximum atomic E-state index is 11.7. The van der Waals surface area contributed by atoms with Crippen molar-refractivity contribution >= 4 is 9.84 Å². The lowest BCUT2D eigenvalue weighted by Crippen LogP contribution is -3.00. The van der Waals surface area contributed by atoms with Gasteiger partial charge in [-0.2, -0.15) is 0 Å². The van der Waals surface area contributed by atoms with Crippen LogP contribution in [0.1, 0.15) is 26.3 Å². The van der Waals surface area contributed by atoms with Crippen LogP contribution in [0.5, 0.6) is 0 Å². The third-order valence-electron chi connectivity index (χ3n) is 4.02. The van der Waals surface area contributed by atoms with Crippen molar-refractivity contribution in [1.29, 1.82) is 0 Å². The molecule has 0 saturated carbocycles. The Bertz CT molecular complexity index is 470. The number of benzene rings is 1. The predicted octanol–water partition coefficient (Wildman–Crippen LogP) is -0.518. The normalized spacial score (nSPS) is 11.9. The summed E-state index contributed by atoms with van der Waals surface area (Å²) in [7, 11) is -2.88. The van der Waals surface area contributed by atoms with E-state index in [0.717, 1.165) is 24.1 Å². The summed E-state index contributed by atoms with van der Waals surface area (Å²) in [6, 6.07) is 10.3. The molecule has 0 atom stereocenters. The molecule has 0 unspecified atom stereocenters. The highest BCUT2D eigenvalue weighted by molar-refractivity contribution is 7.91. The van der Waals surface area contributed by atoms with Crippen LogP contribution in [0.3, 0.4) is 0 Å². The minimum absolute atomic E-state index is 0. The van der Waals surface area contributed by atoms with Gasteiger partial charge in [-0.15, -0.1) is 0 Å². The van der Waals surface area contributed by atoms with Gasteiger partial charge in [-0.05, 0) is 13.8 Å². The summed E-state index contributed by atoms with van der Waals surface area (Å²) in [6.45, 7) is 9.55. The number of hydrogen-bond donors (Lipinski definition) is 0. The van der Waals surface area contributed by atoms with Crippen molar-refractivity contribution < 1.29 is 36.9 Å². The molecular weight excluding hydrogens is 385 g/mol. The van der Waals surface area contributed by atoms with Gasteiger partial charge in [-0.1, -0.05) is 37.3 Å². The quantitative estimate of drug-likeness (QED) is 0.427. The van der Waals surface area contributed by atoms with Gasteiger partial charge < -0.3 is 28.5 Å². The van der Waals surface area contributed by atoms with Crippen LogP contribution >= 0.6 is 0 Å². The lowest BCUT2D eigenvalue weighted by molar-refractivity contribution is -0.935. The Hall–Kier alpha value is -0.140. The molecule has 1 rings (SSSR count). The number of sulfone groups is 1. The molecule has 0 heterocycles. The molecule has 0 aliphatic heterocycles. The lowest BCUT2D eigenvalue weighted by Gasteiger charge is -2.37. The van der Waals surface area contributed by atoms with Crippen LogP contribution < -0.4 is 24.0 Å². The molecule has 1 aromatic rings. The van der Waals surface area contributed by atoms with E-state index >= 15 is 0 Å². The third-order valence-corrected chi connectivity index (χ3v) is 5.70. The Balaban J connectivity index is 0.00000361. The van der Waals surface area contributed by atoms with Gasteiger partial charge in [0, 0.05) is 11.3 Å². The van der Waals surface area contributed by atoms with Crippen LogP contribution in [0.4, 0.5) is 0 Å². The van der Waals surface area contributed by atoms with Gasteiger partial charge in [0.25, 0.3) is 0 Å². The van der Waals surface area contributed by atoms with Gasteiger partial charge in [-0.25, -0.2) is 8.42 Å². The van der Waals surface area contributed by atoms with Crippen molar-refractivity contribution in [3.63, 3.8) is 0 Å². The standard InChI is InChI=1S/C15H26NO2S.HI/c1-4-16(5-2,12-13-19(17,18)6-3)14-15-10-8-7-9-11-15;/h7-11H,4-6,12-14H2,1-3H3;1H/q+1;/p-1. The second-order valence-electron chi connectivity index (χ2n) is 5.08. The van der Waals surface area contributed by atoms with E-state index in [1.807, 2.05) is 18.2 Å². The van der Waals surface area contributed by atoms with Crippen LogP contribution in [0.15, 0.2) is 30.3 Å². The van der Waals surface area contributed by atoms with E-state index in [1.165, 1.54) is 5.56 Å². The molecule has 0 amide bonds. The first-order valence-corrected chi connectivity index (χ1v) is 8.88. The number of rotatable bonds is 8. The van der Waals surface area contributed by atoms with Crippen LogP contribution in [-0.2, 0) is 16.4 Å². The number of nitrogens with zero attached hydrogens (tertiary/aromatic N) is 1. The van der Waals surface area contributed by atoms with Gasteiger partial charge in [0.05, 0.1) is 25.4 Å². The SMILES string of the molecule is CC[N+](CC)(CCS(=O)(=O)CC)Cc1ccccc1.[I-]. The summed E-state index contributed by atoms with van der Waals surface area (Å²) in [4.78, 5) is 0. The maximum Gasteiger partial charge on any atom is 0.155 e. The smallest absolute Gasteiger partial charge is 0.155 e. The average molecular weight is 411 g/mol. The summed E-state index contributed by atoms with van der Waals surface area (Å²) < 4.78 is 24.3. The molecule has 116 valence electrons. The molecule has 0 fully saturated rings. The van der Waals surface area contributed by atoms with Gasteiger partial charge in [-0.3, -0.25) is 0 Å². The van der Waals surface area contributed by atoms with Gasteiger partial charge in [0.2, 0.25) is 0 Å². The van der Waals surface area contributed by atoms with E-state index in [9.17, 15) is 8.42 Å². The monoisotopic (exact) mass is 411 g/mol. The second-order valence-corrected chi connectivity index (χ2v) is 7.55. The summed E-state index contributed by atoms with van der Waals surface area (Å²) in [5, 5.41) is 0. The Morgan fingerprint density at radius 1 is 1.00 bits per heavy atom. The number of halogens is 1. The molecule has 0 N–H and O–H groups in total. The van der Waals surface area contributed by atoms with Crippen molar-refractivity contribution in [1.82, 2.24) is 0 Å². The average Bonchev–Trinajstić information content (AvgIpc) is 2.45. The second kappa shape index (κ2) is 9.00. The van der Waals surface area contributed by atoms with Crippen molar-refractivity contribution in [2.45, 2.75) is 27.3 Å². The molecule has 0 aromatic heterocycles. The molecule has 0 saturated heterocycles. The molecular formula is C15H26INO2S. The zero-order valence-corrected chi connectivity index (χ0v) is 15.7. The highest BCUT2D eigenvalue weighted by Gasteiger charge is 2.26. The van der Waals surface area contributed by atoms with Gasteiger partial charge >= 0.3 is 0 Å². The largest absolute Gasteiger partial charge is 1.00 e. The third kappa shape index (κ3) is 6.10. The maximum absolute atomic E-state index is 11.7. The van der Waals surface area contributed by atoms with Gasteiger partial charge in [0.1, 0.15) is 6.54 Å². The molecule has 1 aromatic carbocycles. The minimum Gasteiger partial charge on any atom is -1.00 e. The Labute approximate surface area is 140 Å². The number of hydrogen-bond acceptors (Lipinski definition) is 2. The Kier molecular flexibility index (Phi) is 8.93. The van der Waals surface area contributed by atoms with Crippen molar-refractivity contribution in [2.75, 3.05) is 31.1 Å². The topological polar surface area (TPSA) is 34.1 Å². The minimum atomic E-state index is -2.88. The van der Waals surface area contributed by atoms with Crippen LogP contribution in [-0.4, -0.2) is 44.0 Å². The van der Waals surface area contributed by atoms with E-state index in [-0.39, 0.29) is 35.5 Å². The summed E-state index contributed by atoms with van der Waals surface area (Å²) in [5.74, 6) is 0.532. The Morgan fingerprint density at radius 2 is 1.55 bits per heavy atom. The molecule has 3 nitrogen and oxygen atoms in total. The van der Waals surface area contributed by atoms with Crippen LogP contribution in [0.2, 0.25) is 0 Å². The Morgan fingerprint density at radius 3 is 2.00 bits per heavy atom. The fraction of sp³-hybridized carbons (Fsp3) is 0.600. The molecule has 0 aliphatic rings. The summed E-state index contributed by atoms with van der Waals surface area (Å²) >= 11 is 0. The summed E-state index contributed by atoms with van der Waals surface area (Å²) in [6.07, 6.45) is 0. The lowest BCUT2D eigenvalue weighted by atomic mass is 10.2. The molecule has 0 radical (unpaired) electrons. The zero-order chi connectivity index (χ0) is 14.4. The molecule has 20 heavy (non-hydrogen) atoms. The van der Waals surface area contributed by atoms with Crippen molar-refractivity contribution in [3.8, 4) is 0 Å². The molecule has 0 bridgehead atoms. The predicted molar refractivity (Wildman–Crippen MR) is 80.7 cm³/mol. The fourth-order valence-corrected chi connectivity index (χ4v) is 3.24. The first-order valence-electron chi connectivity index (χ1n) is 7.06. The zero-order valence-electron chi connectivity index (χ0n) is 12.7. The van der Waals surface area contributed by atoms with E-state index in [0.29, 0.717) is 6.54 Å². The van der Waals surface area contributed by atoms with E-state index in [4.69, 9.17) is 0 Å². The van der Waals surface area contributed by atoms with Gasteiger partial charge in [0.15, 0.2) is 9.84 Å². The molecule has 5 heteroatoms. The summed E-state index contributed by atoms with van der Waals surface area (Å²) in [5.41, 5.74) is 1.28. The highest BCUT2D eigenvalue weighted by atomic mass is 127. The van der Waals surface area contributed by atoms with E-state index < -0.39 is 9.84 Å². The number of quaternary nitrogens is 1. The van der Waals surface area contributed by atoms with Crippen LogP contribution in [0, 0.1) is 0 Å².